The van der Waals surface area contributed by atoms with E-state index in [1.807, 2.05) is 35.7 Å². The molecule has 0 amide bonds. The average molecular weight is 363 g/mol. The standard InChI is InChI=1S/C20H13NO4S/c1-12(22)24-15-8-7-14-9-16(20(23)25-18(14)10-15)19-21-17(11-26-19)13-5-3-2-4-6-13/h2-11H,1H3. The predicted octanol–water partition coefficient (Wildman–Crippen LogP) is 4.51. The van der Waals surface area contributed by atoms with E-state index in [2.05, 4.69) is 4.98 Å². The Bertz CT molecular complexity index is 1160. The van der Waals surface area contributed by atoms with Crippen LogP contribution < -0.4 is 10.4 Å². The number of thiazole rings is 1. The van der Waals surface area contributed by atoms with E-state index in [0.717, 1.165) is 16.6 Å². The highest BCUT2D eigenvalue weighted by molar-refractivity contribution is 7.13. The number of hydrogen-bond donors (Lipinski definition) is 0. The molecule has 4 aromatic rings. The summed E-state index contributed by atoms with van der Waals surface area (Å²) in [6, 6.07) is 16.4. The van der Waals surface area contributed by atoms with Gasteiger partial charge in [0.2, 0.25) is 0 Å². The van der Waals surface area contributed by atoms with Crippen LogP contribution in [-0.4, -0.2) is 11.0 Å². The summed E-state index contributed by atoms with van der Waals surface area (Å²) in [5.41, 5.74) is 2.09. The van der Waals surface area contributed by atoms with E-state index in [9.17, 15) is 9.59 Å². The second kappa shape index (κ2) is 6.57. The second-order valence-corrected chi connectivity index (χ2v) is 6.50. The van der Waals surface area contributed by atoms with Crippen LogP contribution in [0.25, 0.3) is 32.8 Å². The lowest BCUT2D eigenvalue weighted by molar-refractivity contribution is -0.131. The Morgan fingerprint density at radius 1 is 1.12 bits per heavy atom. The van der Waals surface area contributed by atoms with Gasteiger partial charge in [-0.15, -0.1) is 11.3 Å². The summed E-state index contributed by atoms with van der Waals surface area (Å²) < 4.78 is 10.4. The molecule has 0 aliphatic heterocycles. The van der Waals surface area contributed by atoms with Gasteiger partial charge >= 0.3 is 11.6 Å². The van der Waals surface area contributed by atoms with E-state index in [1.165, 1.54) is 24.3 Å². The van der Waals surface area contributed by atoms with E-state index in [4.69, 9.17) is 9.15 Å². The highest BCUT2D eigenvalue weighted by Crippen LogP contribution is 2.29. The lowest BCUT2D eigenvalue weighted by Gasteiger charge is -2.03. The Balaban J connectivity index is 1.75. The molecular formula is C20H13NO4S. The number of carbonyl (C=O) groups excluding carboxylic acids is 1. The van der Waals surface area contributed by atoms with Crippen molar-refractivity contribution in [1.82, 2.24) is 4.98 Å². The number of carbonyl (C=O) groups is 1. The van der Waals surface area contributed by atoms with Crippen molar-refractivity contribution in [2.45, 2.75) is 6.92 Å². The molecule has 2 aromatic heterocycles. The van der Waals surface area contributed by atoms with Gasteiger partial charge in [0.25, 0.3) is 0 Å². The molecule has 0 spiro atoms. The SMILES string of the molecule is CC(=O)Oc1ccc2cc(-c3nc(-c4ccccc4)cs3)c(=O)oc2c1. The van der Waals surface area contributed by atoms with Gasteiger partial charge in [0.1, 0.15) is 16.3 Å². The first-order valence-corrected chi connectivity index (χ1v) is 8.76. The molecule has 0 aliphatic carbocycles. The van der Waals surface area contributed by atoms with Crippen molar-refractivity contribution >= 4 is 28.3 Å². The van der Waals surface area contributed by atoms with Crippen LogP contribution in [0, 0.1) is 0 Å². The first-order chi connectivity index (χ1) is 12.6. The van der Waals surface area contributed by atoms with E-state index >= 15 is 0 Å². The van der Waals surface area contributed by atoms with Gasteiger partial charge in [0.05, 0.1) is 11.3 Å². The Labute approximate surface area is 152 Å². The van der Waals surface area contributed by atoms with E-state index in [0.29, 0.717) is 21.9 Å². The first-order valence-electron chi connectivity index (χ1n) is 7.88. The van der Waals surface area contributed by atoms with E-state index in [-0.39, 0.29) is 0 Å². The minimum absolute atomic E-state index is 0.335. The molecule has 0 bridgehead atoms. The third-order valence-corrected chi connectivity index (χ3v) is 4.65. The fourth-order valence-electron chi connectivity index (χ4n) is 2.61. The summed E-state index contributed by atoms with van der Waals surface area (Å²) in [6.07, 6.45) is 0. The molecule has 2 aromatic carbocycles. The van der Waals surface area contributed by atoms with Gasteiger partial charge in [0.15, 0.2) is 0 Å². The molecule has 0 saturated heterocycles. The van der Waals surface area contributed by atoms with Gasteiger partial charge in [-0.1, -0.05) is 30.3 Å². The summed E-state index contributed by atoms with van der Waals surface area (Å²) >= 11 is 1.39. The monoisotopic (exact) mass is 363 g/mol. The first kappa shape index (κ1) is 16.2. The number of ether oxygens (including phenoxy) is 1. The van der Waals surface area contributed by atoms with Crippen LogP contribution in [0.2, 0.25) is 0 Å². The maximum absolute atomic E-state index is 12.4. The van der Waals surface area contributed by atoms with Crippen LogP contribution in [0.5, 0.6) is 5.75 Å². The number of rotatable bonds is 3. The maximum Gasteiger partial charge on any atom is 0.346 e. The van der Waals surface area contributed by atoms with Crippen LogP contribution >= 0.6 is 11.3 Å². The van der Waals surface area contributed by atoms with Gasteiger partial charge in [-0.25, -0.2) is 9.78 Å². The molecule has 0 atom stereocenters. The molecule has 26 heavy (non-hydrogen) atoms. The fraction of sp³-hybridized carbons (Fsp3) is 0.0500. The largest absolute Gasteiger partial charge is 0.427 e. The predicted molar refractivity (Wildman–Crippen MR) is 100 cm³/mol. The third-order valence-electron chi connectivity index (χ3n) is 3.77. The molecule has 4 rings (SSSR count). The maximum atomic E-state index is 12.4. The number of benzene rings is 2. The molecule has 0 aliphatic rings. The van der Waals surface area contributed by atoms with E-state index < -0.39 is 11.6 Å². The lowest BCUT2D eigenvalue weighted by Crippen LogP contribution is -2.04. The summed E-state index contributed by atoms with van der Waals surface area (Å²) in [7, 11) is 0. The van der Waals surface area contributed by atoms with Crippen molar-refractivity contribution in [2.24, 2.45) is 0 Å². The molecule has 5 nitrogen and oxygen atoms in total. The van der Waals surface area contributed by atoms with Crippen LogP contribution in [0.3, 0.4) is 0 Å². The number of nitrogens with zero attached hydrogens (tertiary/aromatic N) is 1. The summed E-state index contributed by atoms with van der Waals surface area (Å²) in [4.78, 5) is 28.0. The zero-order chi connectivity index (χ0) is 18.1. The van der Waals surface area contributed by atoms with Gasteiger partial charge in [-0.2, -0.15) is 0 Å². The normalized spacial score (nSPS) is 10.8. The lowest BCUT2D eigenvalue weighted by atomic mass is 10.1. The molecule has 0 N–H and O–H groups in total. The molecule has 2 heterocycles. The zero-order valence-electron chi connectivity index (χ0n) is 13.8. The zero-order valence-corrected chi connectivity index (χ0v) is 14.6. The van der Waals surface area contributed by atoms with Crippen LogP contribution in [-0.2, 0) is 4.79 Å². The number of hydrogen-bond acceptors (Lipinski definition) is 6. The average Bonchev–Trinajstić information content (AvgIpc) is 3.11. The molecule has 0 unspecified atom stereocenters. The topological polar surface area (TPSA) is 69.4 Å². The van der Waals surface area contributed by atoms with Gasteiger partial charge in [-0.05, 0) is 18.2 Å². The van der Waals surface area contributed by atoms with Crippen molar-refractivity contribution in [2.75, 3.05) is 0 Å². The molecule has 0 radical (unpaired) electrons. The third kappa shape index (κ3) is 3.14. The quantitative estimate of drug-likeness (QED) is 0.304. The number of aromatic nitrogens is 1. The smallest absolute Gasteiger partial charge is 0.346 e. The molecule has 6 heteroatoms. The van der Waals surface area contributed by atoms with Crippen molar-refractivity contribution in [3.8, 4) is 27.6 Å². The van der Waals surface area contributed by atoms with E-state index in [1.54, 1.807) is 18.2 Å². The summed E-state index contributed by atoms with van der Waals surface area (Å²) in [5, 5.41) is 3.24. The molecule has 0 saturated carbocycles. The van der Waals surface area contributed by atoms with Gasteiger partial charge in [0, 0.05) is 29.3 Å². The summed E-state index contributed by atoms with van der Waals surface area (Å²) in [6.45, 7) is 1.32. The van der Waals surface area contributed by atoms with Crippen molar-refractivity contribution in [1.29, 1.82) is 0 Å². The Morgan fingerprint density at radius 3 is 2.69 bits per heavy atom. The van der Waals surface area contributed by atoms with Crippen LogP contribution in [0.1, 0.15) is 6.92 Å². The number of esters is 1. The van der Waals surface area contributed by atoms with Crippen LogP contribution in [0.4, 0.5) is 0 Å². The highest BCUT2D eigenvalue weighted by Gasteiger charge is 2.13. The number of fused-ring (bicyclic) bond motifs is 1. The van der Waals surface area contributed by atoms with Gasteiger partial charge < -0.3 is 9.15 Å². The Morgan fingerprint density at radius 2 is 1.92 bits per heavy atom. The minimum atomic E-state index is -0.480. The van der Waals surface area contributed by atoms with Crippen molar-refractivity contribution < 1.29 is 13.9 Å². The minimum Gasteiger partial charge on any atom is -0.427 e. The Hall–Kier alpha value is -3.25. The highest BCUT2D eigenvalue weighted by atomic mass is 32.1. The molecule has 0 fully saturated rings. The van der Waals surface area contributed by atoms with Gasteiger partial charge in [-0.3, -0.25) is 4.79 Å². The molecular weight excluding hydrogens is 350 g/mol. The van der Waals surface area contributed by atoms with Crippen molar-refractivity contribution in [3.05, 3.63) is 70.4 Å². The second-order valence-electron chi connectivity index (χ2n) is 5.64. The van der Waals surface area contributed by atoms with Crippen molar-refractivity contribution in [3.63, 3.8) is 0 Å². The Kier molecular flexibility index (Phi) is 4.10. The summed E-state index contributed by atoms with van der Waals surface area (Å²) in [5.74, 6) is -0.0962. The fourth-order valence-corrected chi connectivity index (χ4v) is 3.44. The molecule has 128 valence electrons. The van der Waals surface area contributed by atoms with Crippen LogP contribution in [0.15, 0.2) is 69.2 Å².